The summed E-state index contributed by atoms with van der Waals surface area (Å²) in [5.41, 5.74) is 4.07. The number of rotatable bonds is 10. The number of amides is 2. The first-order chi connectivity index (χ1) is 17.4. The first-order valence-electron chi connectivity index (χ1n) is 12.3. The Kier molecular flexibility index (Phi) is 9.41. The highest BCUT2D eigenvalue weighted by Crippen LogP contribution is 2.28. The number of benzene rings is 1. The molecule has 0 saturated carbocycles. The molecule has 0 bridgehead atoms. The second kappa shape index (κ2) is 12.1. The van der Waals surface area contributed by atoms with E-state index in [2.05, 4.69) is 15.6 Å². The Hall–Kier alpha value is -2.86. The molecular weight excluding hydrogens is 496 g/mol. The van der Waals surface area contributed by atoms with Gasteiger partial charge in [-0.3, -0.25) is 19.7 Å². The molecule has 11 heteroatoms. The van der Waals surface area contributed by atoms with Crippen LogP contribution < -0.4 is 10.6 Å². The Bertz CT molecular complexity index is 1100. The number of β-amino-alcohol motifs (C(OH)–C–C–N with tert-alkyl or cyclic N) is 1. The Balaban J connectivity index is 1.66. The number of nitrogens with zero attached hydrogens (tertiary/aromatic N) is 2. The fourth-order valence-electron chi connectivity index (χ4n) is 4.36. The summed E-state index contributed by atoms with van der Waals surface area (Å²) in [5, 5.41) is 35.1. The Labute approximate surface area is 220 Å². The zero-order chi connectivity index (χ0) is 27.3. The van der Waals surface area contributed by atoms with Gasteiger partial charge in [-0.1, -0.05) is 45.0 Å². The molecule has 1 fully saturated rings. The summed E-state index contributed by atoms with van der Waals surface area (Å²) in [6, 6.07) is 6.07. The lowest BCUT2D eigenvalue weighted by Crippen LogP contribution is -2.58. The van der Waals surface area contributed by atoms with Gasteiger partial charge in [-0.05, 0) is 29.9 Å². The summed E-state index contributed by atoms with van der Waals surface area (Å²) in [7, 11) is 0. The largest absolute Gasteiger partial charge is 0.481 e. The fraction of sp³-hybridized carbons (Fsp3) is 0.538. The number of likely N-dealkylation sites (tertiary alicyclic amines) is 1. The average molecular weight is 533 g/mol. The van der Waals surface area contributed by atoms with Crippen molar-refractivity contribution < 1.29 is 29.7 Å². The summed E-state index contributed by atoms with van der Waals surface area (Å²) in [6.07, 6.45) is -2.26. The highest BCUT2D eigenvalue weighted by Gasteiger charge is 2.44. The van der Waals surface area contributed by atoms with Crippen molar-refractivity contribution in [2.45, 2.75) is 77.9 Å². The Morgan fingerprint density at radius 3 is 2.46 bits per heavy atom. The van der Waals surface area contributed by atoms with Gasteiger partial charge in [-0.25, -0.2) is 4.98 Å². The lowest BCUT2D eigenvalue weighted by atomic mass is 9.85. The summed E-state index contributed by atoms with van der Waals surface area (Å²) in [6.45, 7) is 7.66. The molecule has 2 heterocycles. The van der Waals surface area contributed by atoms with Crippen LogP contribution in [0.25, 0.3) is 10.4 Å². The van der Waals surface area contributed by atoms with Crippen LogP contribution in [-0.2, 0) is 20.9 Å². The molecule has 1 aromatic carbocycles. The molecule has 2 aromatic rings. The third-order valence-electron chi connectivity index (χ3n) is 6.40. The number of thiazole rings is 1. The molecule has 202 valence electrons. The van der Waals surface area contributed by atoms with Gasteiger partial charge in [0.15, 0.2) is 0 Å². The normalized spacial score (nSPS) is 19.5. The van der Waals surface area contributed by atoms with Gasteiger partial charge in [0, 0.05) is 25.9 Å². The predicted molar refractivity (Wildman–Crippen MR) is 140 cm³/mol. The van der Waals surface area contributed by atoms with E-state index in [9.17, 15) is 24.6 Å². The minimum atomic E-state index is -1.21. The van der Waals surface area contributed by atoms with Crippen molar-refractivity contribution >= 4 is 29.1 Å². The number of carbonyl (C=O) groups is 3. The van der Waals surface area contributed by atoms with E-state index < -0.39 is 41.7 Å². The van der Waals surface area contributed by atoms with E-state index in [4.69, 9.17) is 5.11 Å². The van der Waals surface area contributed by atoms with E-state index in [1.54, 1.807) is 16.8 Å². The molecule has 1 saturated heterocycles. The van der Waals surface area contributed by atoms with Crippen molar-refractivity contribution in [3.05, 3.63) is 41.0 Å². The van der Waals surface area contributed by atoms with Gasteiger partial charge in [0.25, 0.3) is 0 Å². The first-order valence-corrected chi connectivity index (χ1v) is 13.2. The molecule has 1 aliphatic rings. The lowest BCUT2D eigenvalue weighted by Gasteiger charge is -2.36. The van der Waals surface area contributed by atoms with Gasteiger partial charge in [-0.2, -0.15) is 0 Å². The van der Waals surface area contributed by atoms with Gasteiger partial charge in [0.05, 0.1) is 28.2 Å². The van der Waals surface area contributed by atoms with Crippen LogP contribution in [0.2, 0.25) is 0 Å². The quantitative estimate of drug-likeness (QED) is 0.291. The number of aliphatic hydroxyl groups excluding tert-OH is 2. The second-order valence-electron chi connectivity index (χ2n) is 10.5. The molecule has 4 atom stereocenters. The second-order valence-corrected chi connectivity index (χ2v) is 11.3. The zero-order valence-electron chi connectivity index (χ0n) is 21.6. The Morgan fingerprint density at radius 2 is 1.89 bits per heavy atom. The number of carboxylic acid groups (broad SMARTS) is 1. The highest BCUT2D eigenvalue weighted by atomic mass is 32.1. The first kappa shape index (κ1) is 28.7. The molecular formula is C26H36N4O6S. The standard InChI is InChI=1S/C26H36N4O6S/c1-15-22(37-14-28-15)17-7-5-16(6-8-17)12-27-24(35)19-11-18(31)13-30(19)25(36)23(26(2,3)4)29-20(32)9-10-21(33)34/h5-8,14,18-20,23,29,31-32H,9-13H2,1-4H3,(H,27,35)(H,33,34)/t18-,19+,20?,23-/m1/s1. The van der Waals surface area contributed by atoms with Crippen molar-refractivity contribution in [1.82, 2.24) is 20.5 Å². The highest BCUT2D eigenvalue weighted by molar-refractivity contribution is 7.13. The van der Waals surface area contributed by atoms with E-state index >= 15 is 0 Å². The van der Waals surface area contributed by atoms with Crippen LogP contribution in [-0.4, -0.2) is 73.9 Å². The van der Waals surface area contributed by atoms with Gasteiger partial charge in [0.2, 0.25) is 11.8 Å². The number of aliphatic hydroxyl groups is 2. The summed E-state index contributed by atoms with van der Waals surface area (Å²) in [5.74, 6) is -1.85. The van der Waals surface area contributed by atoms with Crippen molar-refractivity contribution in [3.63, 3.8) is 0 Å². The molecule has 1 aromatic heterocycles. The van der Waals surface area contributed by atoms with Crippen molar-refractivity contribution in [3.8, 4) is 10.4 Å². The van der Waals surface area contributed by atoms with Crippen LogP contribution in [0, 0.1) is 12.3 Å². The van der Waals surface area contributed by atoms with E-state index in [0.29, 0.717) is 0 Å². The number of hydrogen-bond acceptors (Lipinski definition) is 8. The van der Waals surface area contributed by atoms with E-state index in [1.165, 1.54) is 4.90 Å². The van der Waals surface area contributed by atoms with E-state index in [1.807, 2.05) is 52.0 Å². The van der Waals surface area contributed by atoms with Gasteiger partial charge >= 0.3 is 5.97 Å². The number of hydrogen-bond donors (Lipinski definition) is 5. The zero-order valence-corrected chi connectivity index (χ0v) is 22.4. The monoisotopic (exact) mass is 532 g/mol. The number of aromatic nitrogens is 1. The van der Waals surface area contributed by atoms with Crippen LogP contribution in [0.3, 0.4) is 0 Å². The summed E-state index contributed by atoms with van der Waals surface area (Å²) in [4.78, 5) is 44.2. The lowest BCUT2D eigenvalue weighted by molar-refractivity contribution is -0.143. The molecule has 37 heavy (non-hydrogen) atoms. The molecule has 5 N–H and O–H groups in total. The van der Waals surface area contributed by atoms with Crippen molar-refractivity contribution in [2.75, 3.05) is 6.54 Å². The predicted octanol–water partition coefficient (Wildman–Crippen LogP) is 1.88. The smallest absolute Gasteiger partial charge is 0.303 e. The fourth-order valence-corrected chi connectivity index (χ4v) is 5.17. The average Bonchev–Trinajstić information content (AvgIpc) is 3.44. The number of aryl methyl sites for hydroxylation is 1. The van der Waals surface area contributed by atoms with E-state index in [0.717, 1.165) is 21.7 Å². The van der Waals surface area contributed by atoms with Gasteiger partial charge < -0.3 is 25.5 Å². The van der Waals surface area contributed by atoms with Crippen molar-refractivity contribution in [2.24, 2.45) is 5.41 Å². The van der Waals surface area contributed by atoms with E-state index in [-0.39, 0.29) is 38.3 Å². The maximum atomic E-state index is 13.5. The number of carbonyl (C=O) groups excluding carboxylic acids is 2. The minimum absolute atomic E-state index is 0.000696. The molecule has 0 spiro atoms. The van der Waals surface area contributed by atoms with Crippen LogP contribution in [0.5, 0.6) is 0 Å². The maximum Gasteiger partial charge on any atom is 0.303 e. The van der Waals surface area contributed by atoms with Crippen LogP contribution in [0.4, 0.5) is 0 Å². The van der Waals surface area contributed by atoms with Crippen LogP contribution in [0.1, 0.15) is 51.3 Å². The molecule has 3 rings (SSSR count). The van der Waals surface area contributed by atoms with Crippen molar-refractivity contribution in [1.29, 1.82) is 0 Å². The molecule has 1 unspecified atom stereocenters. The SMILES string of the molecule is Cc1ncsc1-c1ccc(CNC(=O)[C@@H]2C[C@@H](O)CN2C(=O)[C@@H](NC(O)CCC(=O)O)C(C)(C)C)cc1. The molecule has 10 nitrogen and oxygen atoms in total. The molecule has 1 aliphatic heterocycles. The summed E-state index contributed by atoms with van der Waals surface area (Å²) < 4.78 is 0. The molecule has 0 aliphatic carbocycles. The maximum absolute atomic E-state index is 13.5. The molecule has 2 amide bonds. The van der Waals surface area contributed by atoms with Gasteiger partial charge in [0.1, 0.15) is 12.3 Å². The third kappa shape index (κ3) is 7.57. The number of carboxylic acids is 1. The third-order valence-corrected chi connectivity index (χ3v) is 7.37. The summed E-state index contributed by atoms with van der Waals surface area (Å²) >= 11 is 1.57. The van der Waals surface area contributed by atoms with Crippen LogP contribution in [0.15, 0.2) is 29.8 Å². The molecule has 0 radical (unpaired) electrons. The minimum Gasteiger partial charge on any atom is -0.481 e. The number of aliphatic carboxylic acids is 1. The van der Waals surface area contributed by atoms with Gasteiger partial charge in [-0.15, -0.1) is 11.3 Å². The van der Waals surface area contributed by atoms with Crippen LogP contribution >= 0.6 is 11.3 Å². The Morgan fingerprint density at radius 1 is 1.22 bits per heavy atom. The topological polar surface area (TPSA) is 152 Å². The number of nitrogens with one attached hydrogen (secondary N) is 2.